The van der Waals surface area contributed by atoms with Gasteiger partial charge in [0.05, 0.1) is 0 Å². The van der Waals surface area contributed by atoms with Crippen LogP contribution in [0.5, 0.6) is 0 Å². The first kappa shape index (κ1) is 14.8. The van der Waals surface area contributed by atoms with Crippen LogP contribution in [0.3, 0.4) is 0 Å². The van der Waals surface area contributed by atoms with Crippen molar-refractivity contribution < 1.29 is 4.79 Å². The average Bonchev–Trinajstić information content (AvgIpc) is 3.01. The van der Waals surface area contributed by atoms with Crippen LogP contribution in [0.4, 0.5) is 0 Å². The van der Waals surface area contributed by atoms with Crippen LogP contribution in [-0.2, 0) is 0 Å². The topological polar surface area (TPSA) is 29.1 Å². The third-order valence-corrected chi connectivity index (χ3v) is 4.86. The number of carbonyl (C=O) groups excluding carboxylic acids is 1. The van der Waals surface area contributed by atoms with E-state index in [0.717, 1.165) is 5.56 Å². The Kier molecular flexibility index (Phi) is 3.56. The van der Waals surface area contributed by atoms with E-state index in [4.69, 9.17) is 0 Å². The first-order chi connectivity index (χ1) is 10.4. The highest BCUT2D eigenvalue weighted by Gasteiger charge is 2.59. The Morgan fingerprint density at radius 1 is 0.909 bits per heavy atom. The number of hydrogen-bond acceptors (Lipinski definition) is 1. The highest BCUT2D eigenvalue weighted by Crippen LogP contribution is 2.58. The molecule has 2 unspecified atom stereocenters. The van der Waals surface area contributed by atoms with Crippen LogP contribution in [0.15, 0.2) is 48.5 Å². The first-order valence-corrected chi connectivity index (χ1v) is 7.83. The van der Waals surface area contributed by atoms with Gasteiger partial charge >= 0.3 is 0 Å². The van der Waals surface area contributed by atoms with Crippen LogP contribution in [0.25, 0.3) is 0 Å². The van der Waals surface area contributed by atoms with Crippen LogP contribution in [0.2, 0.25) is 0 Å². The second-order valence-electron chi connectivity index (χ2n) is 7.03. The molecule has 0 bridgehead atoms. The monoisotopic (exact) mass is 293 g/mol. The minimum atomic E-state index is 0.0210. The molecule has 2 heteroatoms. The number of rotatable bonds is 3. The van der Waals surface area contributed by atoms with Crippen LogP contribution < -0.4 is 5.32 Å². The lowest BCUT2D eigenvalue weighted by Gasteiger charge is -2.06. The largest absolute Gasteiger partial charge is 0.348 e. The Morgan fingerprint density at radius 3 is 1.95 bits per heavy atom. The molecule has 2 atom stereocenters. The van der Waals surface area contributed by atoms with Crippen molar-refractivity contribution in [1.82, 2.24) is 5.32 Å². The van der Waals surface area contributed by atoms with Crippen molar-refractivity contribution in [3.05, 3.63) is 70.8 Å². The molecule has 2 nitrogen and oxygen atoms in total. The maximum absolute atomic E-state index is 12.4. The van der Waals surface area contributed by atoms with Crippen LogP contribution in [0, 0.1) is 19.3 Å². The summed E-state index contributed by atoms with van der Waals surface area (Å²) in [4.78, 5) is 12.4. The van der Waals surface area contributed by atoms with Gasteiger partial charge in [-0.2, -0.15) is 0 Å². The van der Waals surface area contributed by atoms with Gasteiger partial charge in [0.15, 0.2) is 0 Å². The first-order valence-electron chi connectivity index (χ1n) is 7.83. The standard InChI is InChI=1S/C20H23NO/c1-13-5-9-15(10-6-13)17-18(20(17,3)4)21-19(22)16-11-7-14(2)8-12-16/h5-12,17-18H,1-4H3,(H,21,22). The molecule has 0 spiro atoms. The van der Waals surface area contributed by atoms with E-state index < -0.39 is 0 Å². The van der Waals surface area contributed by atoms with E-state index in [1.807, 2.05) is 31.2 Å². The Bertz CT molecular complexity index is 683. The van der Waals surface area contributed by atoms with E-state index in [1.54, 1.807) is 0 Å². The lowest BCUT2D eigenvalue weighted by atomic mass is 10.0. The van der Waals surface area contributed by atoms with Crippen molar-refractivity contribution in [2.75, 3.05) is 0 Å². The van der Waals surface area contributed by atoms with Crippen LogP contribution in [-0.4, -0.2) is 11.9 Å². The summed E-state index contributed by atoms with van der Waals surface area (Å²) in [5.41, 5.74) is 4.58. The molecule has 1 fully saturated rings. The molecule has 0 aromatic heterocycles. The average molecular weight is 293 g/mol. The highest BCUT2D eigenvalue weighted by molar-refractivity contribution is 5.94. The number of carbonyl (C=O) groups is 1. The zero-order chi connectivity index (χ0) is 15.9. The normalized spacial score (nSPS) is 22.2. The number of hydrogen-bond donors (Lipinski definition) is 1. The van der Waals surface area contributed by atoms with E-state index in [0.29, 0.717) is 5.92 Å². The van der Waals surface area contributed by atoms with Gasteiger partial charge in [-0.25, -0.2) is 0 Å². The fraction of sp³-hybridized carbons (Fsp3) is 0.350. The number of aryl methyl sites for hydroxylation is 2. The molecule has 1 aliphatic rings. The van der Waals surface area contributed by atoms with E-state index in [2.05, 4.69) is 50.4 Å². The Balaban J connectivity index is 1.74. The van der Waals surface area contributed by atoms with Gasteiger partial charge in [-0.05, 0) is 37.0 Å². The van der Waals surface area contributed by atoms with Gasteiger partial charge in [0.25, 0.3) is 5.91 Å². The molecule has 3 rings (SSSR count). The summed E-state index contributed by atoms with van der Waals surface area (Å²) in [6, 6.07) is 16.6. The molecule has 22 heavy (non-hydrogen) atoms. The number of nitrogens with one attached hydrogen (secondary N) is 1. The molecule has 1 saturated carbocycles. The third-order valence-electron chi connectivity index (χ3n) is 4.86. The summed E-state index contributed by atoms with van der Waals surface area (Å²) in [6.45, 7) is 8.56. The SMILES string of the molecule is Cc1ccc(C(=O)NC2C(c3ccc(C)cc3)C2(C)C)cc1. The van der Waals surface area contributed by atoms with Gasteiger partial charge in [-0.15, -0.1) is 0 Å². The van der Waals surface area contributed by atoms with E-state index in [1.165, 1.54) is 16.7 Å². The molecule has 1 amide bonds. The Hall–Kier alpha value is -2.09. The predicted octanol–water partition coefficient (Wildman–Crippen LogP) is 4.23. The maximum Gasteiger partial charge on any atom is 0.251 e. The lowest BCUT2D eigenvalue weighted by Crippen LogP contribution is -2.28. The fourth-order valence-corrected chi connectivity index (χ4v) is 3.23. The Morgan fingerprint density at radius 2 is 1.41 bits per heavy atom. The molecular weight excluding hydrogens is 270 g/mol. The van der Waals surface area contributed by atoms with Crippen molar-refractivity contribution in [2.24, 2.45) is 5.41 Å². The van der Waals surface area contributed by atoms with Crippen LogP contribution >= 0.6 is 0 Å². The summed E-state index contributed by atoms with van der Waals surface area (Å²) >= 11 is 0. The number of benzene rings is 2. The van der Waals surface area contributed by atoms with E-state index in [9.17, 15) is 4.79 Å². The minimum absolute atomic E-state index is 0.0210. The molecule has 0 aliphatic heterocycles. The van der Waals surface area contributed by atoms with Gasteiger partial charge in [0, 0.05) is 17.5 Å². The minimum Gasteiger partial charge on any atom is -0.348 e. The van der Waals surface area contributed by atoms with Crippen LogP contribution in [0.1, 0.15) is 46.8 Å². The summed E-state index contributed by atoms with van der Waals surface area (Å²) in [7, 11) is 0. The third kappa shape index (κ3) is 2.66. The van der Waals surface area contributed by atoms with Crippen molar-refractivity contribution in [2.45, 2.75) is 39.7 Å². The van der Waals surface area contributed by atoms with Gasteiger partial charge in [-0.1, -0.05) is 61.4 Å². The van der Waals surface area contributed by atoms with Crippen molar-refractivity contribution in [3.8, 4) is 0 Å². The highest BCUT2D eigenvalue weighted by atomic mass is 16.1. The molecule has 114 valence electrons. The van der Waals surface area contributed by atoms with E-state index in [-0.39, 0.29) is 17.4 Å². The smallest absolute Gasteiger partial charge is 0.251 e. The Labute approximate surface area is 132 Å². The summed E-state index contributed by atoms with van der Waals surface area (Å²) in [6.07, 6.45) is 0. The predicted molar refractivity (Wildman–Crippen MR) is 90.1 cm³/mol. The maximum atomic E-state index is 12.4. The zero-order valence-corrected chi connectivity index (χ0v) is 13.7. The molecule has 1 N–H and O–H groups in total. The molecule has 0 heterocycles. The van der Waals surface area contributed by atoms with Crippen molar-refractivity contribution in [3.63, 3.8) is 0 Å². The molecule has 2 aromatic carbocycles. The van der Waals surface area contributed by atoms with Crippen molar-refractivity contribution >= 4 is 5.91 Å². The molecular formula is C20H23NO. The van der Waals surface area contributed by atoms with Gasteiger partial charge < -0.3 is 5.32 Å². The van der Waals surface area contributed by atoms with Crippen molar-refractivity contribution in [1.29, 1.82) is 0 Å². The second kappa shape index (κ2) is 5.28. The second-order valence-corrected chi connectivity index (χ2v) is 7.03. The zero-order valence-electron chi connectivity index (χ0n) is 13.7. The molecule has 2 aromatic rings. The van der Waals surface area contributed by atoms with Gasteiger partial charge in [0.2, 0.25) is 0 Å². The molecule has 1 aliphatic carbocycles. The summed E-state index contributed by atoms with van der Waals surface area (Å²) < 4.78 is 0. The van der Waals surface area contributed by atoms with E-state index >= 15 is 0 Å². The van der Waals surface area contributed by atoms with Gasteiger partial charge in [0.1, 0.15) is 0 Å². The van der Waals surface area contributed by atoms with Gasteiger partial charge in [-0.3, -0.25) is 4.79 Å². The number of amides is 1. The molecule has 0 radical (unpaired) electrons. The summed E-state index contributed by atoms with van der Waals surface area (Å²) in [5.74, 6) is 0.412. The quantitative estimate of drug-likeness (QED) is 0.901. The summed E-state index contributed by atoms with van der Waals surface area (Å²) in [5, 5.41) is 3.20. The molecule has 0 saturated heterocycles. The lowest BCUT2D eigenvalue weighted by molar-refractivity contribution is 0.0946. The fourth-order valence-electron chi connectivity index (χ4n) is 3.23.